The SMILES string of the molecule is Cc1cccc(NC(=O)N(CC(=O)N(CCc2c[nH]c3ccccc23)Cc2ccc(F)cc2)C2CC2)c1C. The van der Waals surface area contributed by atoms with Crippen molar-refractivity contribution in [3.63, 3.8) is 0 Å². The molecular formula is C31H33FN4O2. The number of H-pyrrole nitrogens is 1. The highest BCUT2D eigenvalue weighted by Crippen LogP contribution is 2.28. The molecule has 0 saturated heterocycles. The van der Waals surface area contributed by atoms with E-state index in [-0.39, 0.29) is 30.3 Å². The van der Waals surface area contributed by atoms with Gasteiger partial charge in [-0.25, -0.2) is 9.18 Å². The first-order chi connectivity index (χ1) is 18.4. The number of urea groups is 1. The summed E-state index contributed by atoms with van der Waals surface area (Å²) in [7, 11) is 0. The Labute approximate surface area is 222 Å². The maximum atomic E-state index is 13.7. The Kier molecular flexibility index (Phi) is 7.45. The molecule has 38 heavy (non-hydrogen) atoms. The number of carbonyl (C=O) groups is 2. The van der Waals surface area contributed by atoms with E-state index < -0.39 is 0 Å². The number of amides is 3. The Balaban J connectivity index is 1.33. The Morgan fingerprint density at radius 1 is 1.00 bits per heavy atom. The third-order valence-electron chi connectivity index (χ3n) is 7.37. The molecule has 1 aromatic heterocycles. The second-order valence-electron chi connectivity index (χ2n) is 10.1. The van der Waals surface area contributed by atoms with Gasteiger partial charge in [-0.2, -0.15) is 0 Å². The summed E-state index contributed by atoms with van der Waals surface area (Å²) in [5.74, 6) is -0.439. The fraction of sp³-hybridized carbons (Fsp3) is 0.290. The number of rotatable bonds is 9. The van der Waals surface area contributed by atoms with Crippen LogP contribution in [0.25, 0.3) is 10.9 Å². The molecule has 3 amide bonds. The molecule has 1 fully saturated rings. The van der Waals surface area contributed by atoms with Crippen molar-refractivity contribution in [3.05, 3.63) is 101 Å². The second-order valence-corrected chi connectivity index (χ2v) is 10.1. The largest absolute Gasteiger partial charge is 0.361 e. The van der Waals surface area contributed by atoms with E-state index >= 15 is 0 Å². The minimum atomic E-state index is -0.312. The molecule has 0 aliphatic heterocycles. The molecule has 0 spiro atoms. The number of carbonyl (C=O) groups excluding carboxylic acids is 2. The molecule has 196 valence electrons. The van der Waals surface area contributed by atoms with Crippen LogP contribution in [0.2, 0.25) is 0 Å². The molecule has 1 aliphatic rings. The number of nitrogens with zero attached hydrogens (tertiary/aromatic N) is 2. The van der Waals surface area contributed by atoms with Gasteiger partial charge in [-0.3, -0.25) is 4.79 Å². The summed E-state index contributed by atoms with van der Waals surface area (Å²) in [6, 6.07) is 19.9. The van der Waals surface area contributed by atoms with E-state index in [0.29, 0.717) is 19.5 Å². The van der Waals surface area contributed by atoms with Gasteiger partial charge in [-0.05, 0) is 79.6 Å². The van der Waals surface area contributed by atoms with Crippen LogP contribution in [0, 0.1) is 19.7 Å². The lowest BCUT2D eigenvalue weighted by molar-refractivity contribution is -0.132. The monoisotopic (exact) mass is 512 g/mol. The number of aryl methyl sites for hydroxylation is 1. The first-order valence-corrected chi connectivity index (χ1v) is 13.1. The lowest BCUT2D eigenvalue weighted by Crippen LogP contribution is -2.46. The Bertz CT molecular complexity index is 1440. The molecule has 1 aliphatic carbocycles. The number of para-hydroxylation sites is 1. The Hall–Kier alpha value is -4.13. The van der Waals surface area contributed by atoms with Crippen LogP contribution >= 0.6 is 0 Å². The predicted octanol–water partition coefficient (Wildman–Crippen LogP) is 6.19. The molecule has 0 radical (unpaired) electrons. The summed E-state index contributed by atoms with van der Waals surface area (Å²) in [6.07, 6.45) is 4.43. The third-order valence-corrected chi connectivity index (χ3v) is 7.37. The minimum absolute atomic E-state index is 0.00353. The average Bonchev–Trinajstić information content (AvgIpc) is 3.68. The van der Waals surface area contributed by atoms with Crippen molar-refractivity contribution in [1.29, 1.82) is 0 Å². The Morgan fingerprint density at radius 3 is 2.53 bits per heavy atom. The van der Waals surface area contributed by atoms with Gasteiger partial charge in [0.15, 0.2) is 0 Å². The van der Waals surface area contributed by atoms with Crippen LogP contribution in [0.5, 0.6) is 0 Å². The zero-order valence-electron chi connectivity index (χ0n) is 21.8. The van der Waals surface area contributed by atoms with E-state index in [1.807, 2.05) is 56.4 Å². The van der Waals surface area contributed by atoms with Crippen molar-refractivity contribution in [2.75, 3.05) is 18.4 Å². The van der Waals surface area contributed by atoms with Gasteiger partial charge in [0.05, 0.1) is 0 Å². The molecule has 3 aromatic carbocycles. The highest BCUT2D eigenvalue weighted by Gasteiger charge is 2.35. The van der Waals surface area contributed by atoms with Crippen molar-refractivity contribution >= 4 is 28.5 Å². The molecule has 4 aromatic rings. The fourth-order valence-electron chi connectivity index (χ4n) is 4.77. The molecule has 6 nitrogen and oxygen atoms in total. The normalized spacial score (nSPS) is 12.9. The number of anilines is 1. The van der Waals surface area contributed by atoms with E-state index in [0.717, 1.165) is 51.7 Å². The topological polar surface area (TPSA) is 68.4 Å². The van der Waals surface area contributed by atoms with Crippen LogP contribution in [0.3, 0.4) is 0 Å². The van der Waals surface area contributed by atoms with E-state index in [4.69, 9.17) is 0 Å². The predicted molar refractivity (Wildman–Crippen MR) is 148 cm³/mol. The Morgan fingerprint density at radius 2 is 1.76 bits per heavy atom. The van der Waals surface area contributed by atoms with E-state index in [2.05, 4.69) is 16.4 Å². The molecule has 7 heteroatoms. The molecule has 2 N–H and O–H groups in total. The third kappa shape index (κ3) is 5.88. The smallest absolute Gasteiger partial charge is 0.322 e. The number of fused-ring (bicyclic) bond motifs is 1. The quantitative estimate of drug-likeness (QED) is 0.281. The molecule has 0 unspecified atom stereocenters. The summed E-state index contributed by atoms with van der Waals surface area (Å²) in [4.78, 5) is 33.7. The first kappa shape index (κ1) is 25.5. The van der Waals surface area contributed by atoms with Crippen LogP contribution in [0.1, 0.15) is 35.1 Å². The van der Waals surface area contributed by atoms with Gasteiger partial charge >= 0.3 is 6.03 Å². The van der Waals surface area contributed by atoms with Gasteiger partial charge < -0.3 is 20.1 Å². The molecular weight excluding hydrogens is 479 g/mol. The van der Waals surface area contributed by atoms with Gasteiger partial charge in [0.2, 0.25) is 5.91 Å². The second kappa shape index (κ2) is 11.1. The number of aromatic amines is 1. The van der Waals surface area contributed by atoms with Crippen molar-refractivity contribution in [2.45, 2.75) is 45.7 Å². The van der Waals surface area contributed by atoms with Crippen LogP contribution in [-0.4, -0.2) is 45.9 Å². The van der Waals surface area contributed by atoms with Gasteiger partial charge in [-0.15, -0.1) is 0 Å². The summed E-state index contributed by atoms with van der Waals surface area (Å²) < 4.78 is 13.5. The molecule has 0 bridgehead atoms. The molecule has 1 heterocycles. The zero-order chi connectivity index (χ0) is 26.6. The maximum absolute atomic E-state index is 13.7. The van der Waals surface area contributed by atoms with Crippen molar-refractivity contribution in [2.24, 2.45) is 0 Å². The van der Waals surface area contributed by atoms with Gasteiger partial charge in [0.25, 0.3) is 0 Å². The average molecular weight is 513 g/mol. The van der Waals surface area contributed by atoms with Crippen molar-refractivity contribution in [1.82, 2.24) is 14.8 Å². The number of hydrogen-bond acceptors (Lipinski definition) is 2. The van der Waals surface area contributed by atoms with E-state index in [1.165, 1.54) is 12.1 Å². The number of halogens is 1. The molecule has 0 atom stereocenters. The number of benzene rings is 3. The number of aromatic nitrogens is 1. The minimum Gasteiger partial charge on any atom is -0.361 e. The lowest BCUT2D eigenvalue weighted by atomic mass is 10.1. The van der Waals surface area contributed by atoms with Crippen LogP contribution in [0.4, 0.5) is 14.9 Å². The van der Waals surface area contributed by atoms with Gasteiger partial charge in [0, 0.05) is 41.9 Å². The number of hydrogen-bond donors (Lipinski definition) is 2. The zero-order valence-corrected chi connectivity index (χ0v) is 21.8. The van der Waals surface area contributed by atoms with Gasteiger partial charge in [-0.1, -0.05) is 42.5 Å². The van der Waals surface area contributed by atoms with Gasteiger partial charge in [0.1, 0.15) is 12.4 Å². The number of nitrogens with one attached hydrogen (secondary N) is 2. The standard InChI is InChI=1S/C31H33FN4O2/c1-21-6-5-9-28(22(21)2)34-31(38)36(26-14-15-26)20-30(37)35(19-23-10-12-25(32)13-11-23)17-16-24-18-33-29-8-4-3-7-27(24)29/h3-13,18,26,33H,14-17,19-20H2,1-2H3,(H,34,38). The highest BCUT2D eigenvalue weighted by atomic mass is 19.1. The summed E-state index contributed by atoms with van der Waals surface area (Å²) in [6.45, 7) is 4.81. The summed E-state index contributed by atoms with van der Waals surface area (Å²) in [5, 5.41) is 4.15. The van der Waals surface area contributed by atoms with E-state index in [1.54, 1.807) is 21.9 Å². The molecule has 1 saturated carbocycles. The van der Waals surface area contributed by atoms with E-state index in [9.17, 15) is 14.0 Å². The van der Waals surface area contributed by atoms with Crippen LogP contribution < -0.4 is 5.32 Å². The van der Waals surface area contributed by atoms with Crippen LogP contribution in [-0.2, 0) is 17.8 Å². The highest BCUT2D eigenvalue weighted by molar-refractivity contribution is 5.93. The summed E-state index contributed by atoms with van der Waals surface area (Å²) in [5.41, 5.74) is 5.90. The maximum Gasteiger partial charge on any atom is 0.322 e. The first-order valence-electron chi connectivity index (χ1n) is 13.1. The summed E-state index contributed by atoms with van der Waals surface area (Å²) >= 11 is 0. The fourth-order valence-corrected chi connectivity index (χ4v) is 4.77. The molecule has 5 rings (SSSR count). The lowest BCUT2D eigenvalue weighted by Gasteiger charge is -2.28. The van der Waals surface area contributed by atoms with Crippen molar-refractivity contribution < 1.29 is 14.0 Å². The van der Waals surface area contributed by atoms with Crippen molar-refractivity contribution in [3.8, 4) is 0 Å². The van der Waals surface area contributed by atoms with Crippen LogP contribution in [0.15, 0.2) is 72.9 Å².